The van der Waals surface area contributed by atoms with E-state index < -0.39 is 0 Å². The third-order valence-corrected chi connectivity index (χ3v) is 4.49. The van der Waals surface area contributed by atoms with Crippen LogP contribution >= 0.6 is 11.6 Å². The number of amides is 2. The molecular weight excluding hydrogens is 369 g/mol. The molecule has 27 heavy (non-hydrogen) atoms. The highest BCUT2D eigenvalue weighted by molar-refractivity contribution is 6.30. The van der Waals surface area contributed by atoms with Crippen molar-refractivity contribution in [1.82, 2.24) is 10.2 Å². The van der Waals surface area contributed by atoms with Crippen molar-refractivity contribution in [2.45, 2.75) is 26.0 Å². The largest absolute Gasteiger partial charge is 0.390 e. The molecule has 0 aliphatic carbocycles. The van der Waals surface area contributed by atoms with Crippen molar-refractivity contribution in [3.05, 3.63) is 70.5 Å². The van der Waals surface area contributed by atoms with E-state index in [1.54, 1.807) is 17.0 Å². The molecule has 2 aromatic carbocycles. The summed E-state index contributed by atoms with van der Waals surface area (Å²) >= 11 is 5.92. The average molecular weight is 390 g/mol. The molecule has 1 N–H and O–H groups in total. The van der Waals surface area contributed by atoms with E-state index in [0.29, 0.717) is 31.1 Å². The fourth-order valence-electron chi connectivity index (χ4n) is 2.88. The molecule has 3 rings (SSSR count). The second kappa shape index (κ2) is 8.86. The lowest BCUT2D eigenvalue weighted by Crippen LogP contribution is -2.43. The van der Waals surface area contributed by atoms with Crippen LogP contribution in [-0.4, -0.2) is 35.8 Å². The van der Waals surface area contributed by atoms with Gasteiger partial charge in [0.15, 0.2) is 6.10 Å². The van der Waals surface area contributed by atoms with Gasteiger partial charge in [-0.05, 0) is 42.3 Å². The van der Waals surface area contributed by atoms with Crippen LogP contribution in [0.5, 0.6) is 0 Å². The molecule has 0 unspecified atom stereocenters. The first-order valence-corrected chi connectivity index (χ1v) is 9.18. The first-order valence-electron chi connectivity index (χ1n) is 8.81. The van der Waals surface area contributed by atoms with Gasteiger partial charge < -0.3 is 15.1 Å². The minimum absolute atomic E-state index is 0.189. The number of rotatable bonds is 6. The number of oxime groups is 1. The monoisotopic (exact) mass is 389 g/mol. The molecule has 0 fully saturated rings. The number of nitrogens with zero attached hydrogens (tertiary/aromatic N) is 2. The van der Waals surface area contributed by atoms with Crippen molar-refractivity contribution < 1.29 is 14.0 Å². The van der Waals surface area contributed by atoms with Gasteiger partial charge in [0.2, 0.25) is 0 Å². The SMILES string of the molecule is CCNC(=O)N(Cc1ccc(F)cc1)C[C@H]1CC(c2ccc(Cl)cc2)=NO1. The van der Waals surface area contributed by atoms with Gasteiger partial charge in [-0.1, -0.05) is 41.0 Å². The van der Waals surface area contributed by atoms with E-state index in [0.717, 1.165) is 16.8 Å². The quantitative estimate of drug-likeness (QED) is 0.804. The third kappa shape index (κ3) is 5.20. The predicted molar refractivity (Wildman–Crippen MR) is 103 cm³/mol. The maximum Gasteiger partial charge on any atom is 0.317 e. The van der Waals surface area contributed by atoms with Gasteiger partial charge in [-0.2, -0.15) is 0 Å². The van der Waals surface area contributed by atoms with Gasteiger partial charge in [0, 0.05) is 24.5 Å². The van der Waals surface area contributed by atoms with Crippen molar-refractivity contribution in [3.8, 4) is 0 Å². The fraction of sp³-hybridized carbons (Fsp3) is 0.300. The molecule has 2 amide bonds. The predicted octanol–water partition coefficient (Wildman–Crippen LogP) is 4.20. The van der Waals surface area contributed by atoms with Gasteiger partial charge in [0.1, 0.15) is 5.82 Å². The van der Waals surface area contributed by atoms with E-state index >= 15 is 0 Å². The first-order chi connectivity index (χ1) is 13.0. The van der Waals surface area contributed by atoms with Crippen LogP contribution in [0, 0.1) is 5.82 Å². The molecule has 0 bridgehead atoms. The summed E-state index contributed by atoms with van der Waals surface area (Å²) in [6.07, 6.45) is 0.361. The zero-order valence-electron chi connectivity index (χ0n) is 15.0. The Hall–Kier alpha value is -2.60. The number of carbonyl (C=O) groups excluding carboxylic acids is 1. The molecule has 1 heterocycles. The zero-order valence-corrected chi connectivity index (χ0v) is 15.7. The van der Waals surface area contributed by atoms with Crippen molar-refractivity contribution in [1.29, 1.82) is 0 Å². The Morgan fingerprint density at radius 2 is 1.96 bits per heavy atom. The minimum atomic E-state index is -0.302. The minimum Gasteiger partial charge on any atom is -0.390 e. The maximum absolute atomic E-state index is 13.1. The van der Waals surface area contributed by atoms with Crippen LogP contribution in [0.2, 0.25) is 5.02 Å². The van der Waals surface area contributed by atoms with E-state index in [2.05, 4.69) is 10.5 Å². The first kappa shape index (κ1) is 19.2. The standard InChI is InChI=1S/C20H21ClFN3O2/c1-2-23-20(26)25(12-14-3-9-17(22)10-4-14)13-18-11-19(24-27-18)15-5-7-16(21)8-6-15/h3-10,18H,2,11-13H2,1H3,(H,23,26)/t18-/m1/s1. The van der Waals surface area contributed by atoms with Crippen molar-refractivity contribution >= 4 is 23.3 Å². The molecule has 1 atom stereocenters. The molecule has 0 saturated carbocycles. The van der Waals surface area contributed by atoms with E-state index in [1.165, 1.54) is 12.1 Å². The summed E-state index contributed by atoms with van der Waals surface area (Å²) in [6.45, 7) is 3.13. The molecule has 7 heteroatoms. The highest BCUT2D eigenvalue weighted by Gasteiger charge is 2.26. The molecule has 0 radical (unpaired) electrons. The lowest BCUT2D eigenvalue weighted by atomic mass is 10.0. The third-order valence-electron chi connectivity index (χ3n) is 4.24. The van der Waals surface area contributed by atoms with Crippen LogP contribution < -0.4 is 5.32 Å². The van der Waals surface area contributed by atoms with Crippen LogP contribution in [0.25, 0.3) is 0 Å². The van der Waals surface area contributed by atoms with Crippen molar-refractivity contribution in [2.24, 2.45) is 5.16 Å². The summed E-state index contributed by atoms with van der Waals surface area (Å²) in [7, 11) is 0. The smallest absolute Gasteiger partial charge is 0.317 e. The highest BCUT2D eigenvalue weighted by Crippen LogP contribution is 2.20. The fourth-order valence-corrected chi connectivity index (χ4v) is 3.00. The second-order valence-corrected chi connectivity index (χ2v) is 6.76. The Bertz CT molecular complexity index is 809. The highest BCUT2D eigenvalue weighted by atomic mass is 35.5. The van der Waals surface area contributed by atoms with Gasteiger partial charge in [-0.25, -0.2) is 9.18 Å². The number of benzene rings is 2. The van der Waals surface area contributed by atoms with Gasteiger partial charge in [0.05, 0.1) is 12.3 Å². The molecule has 0 aromatic heterocycles. The number of hydrogen-bond acceptors (Lipinski definition) is 3. The number of carbonyl (C=O) groups is 1. The van der Waals surface area contributed by atoms with Crippen molar-refractivity contribution in [2.75, 3.05) is 13.1 Å². The lowest BCUT2D eigenvalue weighted by molar-refractivity contribution is 0.0590. The zero-order chi connectivity index (χ0) is 19.2. The summed E-state index contributed by atoms with van der Waals surface area (Å²) < 4.78 is 13.1. The molecule has 0 saturated heterocycles. The number of hydrogen-bond donors (Lipinski definition) is 1. The Balaban J connectivity index is 1.64. The molecule has 0 spiro atoms. The summed E-state index contributed by atoms with van der Waals surface area (Å²) in [5, 5.41) is 7.63. The van der Waals surface area contributed by atoms with E-state index in [-0.39, 0.29) is 18.0 Å². The van der Waals surface area contributed by atoms with Crippen LogP contribution in [0.15, 0.2) is 53.7 Å². The Morgan fingerprint density at radius 1 is 1.26 bits per heavy atom. The normalized spacial score (nSPS) is 15.8. The van der Waals surface area contributed by atoms with Gasteiger partial charge in [-0.15, -0.1) is 0 Å². The lowest BCUT2D eigenvalue weighted by Gasteiger charge is -2.25. The van der Waals surface area contributed by atoms with E-state index in [4.69, 9.17) is 16.4 Å². The van der Waals surface area contributed by atoms with Crippen molar-refractivity contribution in [3.63, 3.8) is 0 Å². The summed E-state index contributed by atoms with van der Waals surface area (Å²) in [5.74, 6) is -0.302. The molecular formula is C20H21ClFN3O2. The number of urea groups is 1. The van der Waals surface area contributed by atoms with Crippen LogP contribution in [0.4, 0.5) is 9.18 Å². The Kier molecular flexibility index (Phi) is 6.29. The molecule has 5 nitrogen and oxygen atoms in total. The topological polar surface area (TPSA) is 53.9 Å². The van der Waals surface area contributed by atoms with E-state index in [9.17, 15) is 9.18 Å². The Labute approximate surface area is 162 Å². The second-order valence-electron chi connectivity index (χ2n) is 6.32. The number of halogens is 2. The van der Waals surface area contributed by atoms with Crippen LogP contribution in [0.1, 0.15) is 24.5 Å². The average Bonchev–Trinajstić information content (AvgIpc) is 3.12. The Morgan fingerprint density at radius 3 is 2.63 bits per heavy atom. The molecule has 2 aromatic rings. The summed E-state index contributed by atoms with van der Waals surface area (Å²) in [4.78, 5) is 19.6. The van der Waals surface area contributed by atoms with Crippen LogP contribution in [0.3, 0.4) is 0 Å². The maximum atomic E-state index is 13.1. The van der Waals surface area contributed by atoms with E-state index in [1.807, 2.05) is 31.2 Å². The van der Waals surface area contributed by atoms with Crippen LogP contribution in [-0.2, 0) is 11.4 Å². The number of nitrogens with one attached hydrogen (secondary N) is 1. The van der Waals surface area contributed by atoms with Gasteiger partial charge in [-0.3, -0.25) is 0 Å². The van der Waals surface area contributed by atoms with Gasteiger partial charge in [0.25, 0.3) is 0 Å². The van der Waals surface area contributed by atoms with Gasteiger partial charge >= 0.3 is 6.03 Å². The molecule has 1 aliphatic heterocycles. The summed E-state index contributed by atoms with van der Waals surface area (Å²) in [6, 6.07) is 13.3. The molecule has 142 valence electrons. The molecule has 1 aliphatic rings. The summed E-state index contributed by atoms with van der Waals surface area (Å²) in [5.41, 5.74) is 2.62.